The Morgan fingerprint density at radius 2 is 2.12 bits per heavy atom. The molecule has 2 heterocycles. The first kappa shape index (κ1) is 17.2. The van der Waals surface area contributed by atoms with E-state index in [2.05, 4.69) is 4.99 Å². The minimum atomic E-state index is -0.405. The van der Waals surface area contributed by atoms with Crippen LogP contribution in [0.5, 0.6) is 11.5 Å². The van der Waals surface area contributed by atoms with Crippen LogP contribution in [0.4, 0.5) is 0 Å². The molecule has 3 rings (SSSR count). The third-order valence-corrected chi connectivity index (χ3v) is 4.13. The molecule has 1 fully saturated rings. The molecule has 132 valence electrons. The molecule has 1 amide bonds. The van der Waals surface area contributed by atoms with Crippen LogP contribution in [0.1, 0.15) is 45.1 Å². The minimum absolute atomic E-state index is 0.0427. The summed E-state index contributed by atoms with van der Waals surface area (Å²) < 4.78 is 10.7. The largest absolute Gasteiger partial charge is 0.490 e. The summed E-state index contributed by atoms with van der Waals surface area (Å²) in [5.74, 6) is 1.26. The number of benzene rings is 1. The van der Waals surface area contributed by atoms with Crippen molar-refractivity contribution in [2.24, 2.45) is 4.99 Å². The molecule has 1 saturated heterocycles. The molecule has 25 heavy (non-hydrogen) atoms. The summed E-state index contributed by atoms with van der Waals surface area (Å²) in [6.45, 7) is 4.39. The molecule has 1 aromatic rings. The van der Waals surface area contributed by atoms with Crippen LogP contribution >= 0.6 is 0 Å². The lowest BCUT2D eigenvalue weighted by Crippen LogP contribution is -2.31. The average Bonchev–Trinajstić information content (AvgIpc) is 2.75. The number of hydrogen-bond acceptors (Lipinski definition) is 5. The van der Waals surface area contributed by atoms with Gasteiger partial charge in [0.2, 0.25) is 0 Å². The second-order valence-electron chi connectivity index (χ2n) is 6.06. The Kier molecular flexibility index (Phi) is 5.16. The lowest BCUT2D eigenvalue weighted by Gasteiger charge is -2.14. The fourth-order valence-electron chi connectivity index (χ4n) is 3.03. The van der Waals surface area contributed by atoms with Gasteiger partial charge in [0.1, 0.15) is 11.5 Å². The van der Waals surface area contributed by atoms with E-state index < -0.39 is 5.97 Å². The number of carbonyl (C=O) groups is 2. The molecule has 6 heteroatoms. The highest BCUT2D eigenvalue weighted by Crippen LogP contribution is 2.31. The summed E-state index contributed by atoms with van der Waals surface area (Å²) in [5.41, 5.74) is 1.23. The predicted molar refractivity (Wildman–Crippen MR) is 94.5 cm³/mol. The molecule has 0 bridgehead atoms. The maximum absolute atomic E-state index is 12.6. The van der Waals surface area contributed by atoms with Crippen molar-refractivity contribution in [3.63, 3.8) is 0 Å². The topological polar surface area (TPSA) is 68.2 Å². The Hall–Kier alpha value is -2.63. The molecule has 0 aromatic heterocycles. The number of hydrogen-bond donors (Lipinski definition) is 0. The number of amidine groups is 1. The maximum atomic E-state index is 12.6. The Labute approximate surface area is 147 Å². The van der Waals surface area contributed by atoms with Crippen molar-refractivity contribution < 1.29 is 19.1 Å². The van der Waals surface area contributed by atoms with E-state index >= 15 is 0 Å². The van der Waals surface area contributed by atoms with Gasteiger partial charge < -0.3 is 9.47 Å². The molecule has 2 aliphatic rings. The third kappa shape index (κ3) is 3.90. The smallest absolute Gasteiger partial charge is 0.308 e. The SMILES string of the molecule is CCOc1cc(/C=C2\N=C3CCCCCN3C2=O)ccc1OC(C)=O. The van der Waals surface area contributed by atoms with Gasteiger partial charge in [0, 0.05) is 19.9 Å². The monoisotopic (exact) mass is 342 g/mol. The molecule has 0 spiro atoms. The van der Waals surface area contributed by atoms with E-state index in [4.69, 9.17) is 9.47 Å². The Morgan fingerprint density at radius 1 is 1.28 bits per heavy atom. The van der Waals surface area contributed by atoms with Gasteiger partial charge in [-0.25, -0.2) is 4.99 Å². The number of ether oxygens (including phenoxy) is 2. The molecule has 0 atom stereocenters. The summed E-state index contributed by atoms with van der Waals surface area (Å²) in [5, 5.41) is 0. The van der Waals surface area contributed by atoms with Crippen molar-refractivity contribution in [3.05, 3.63) is 29.5 Å². The third-order valence-electron chi connectivity index (χ3n) is 4.13. The Balaban J connectivity index is 1.89. The fourth-order valence-corrected chi connectivity index (χ4v) is 3.03. The molecule has 0 aliphatic carbocycles. The molecular formula is C19H22N2O4. The molecule has 0 saturated carbocycles. The summed E-state index contributed by atoms with van der Waals surface area (Å²) in [4.78, 5) is 30.1. The number of nitrogens with zero attached hydrogens (tertiary/aromatic N) is 2. The first-order valence-electron chi connectivity index (χ1n) is 8.65. The maximum Gasteiger partial charge on any atom is 0.308 e. The van der Waals surface area contributed by atoms with Crippen LogP contribution in [0.25, 0.3) is 6.08 Å². The summed E-state index contributed by atoms with van der Waals surface area (Å²) in [7, 11) is 0. The van der Waals surface area contributed by atoms with Gasteiger partial charge in [-0.15, -0.1) is 0 Å². The van der Waals surface area contributed by atoms with E-state index in [1.165, 1.54) is 6.92 Å². The zero-order chi connectivity index (χ0) is 17.8. The van der Waals surface area contributed by atoms with Gasteiger partial charge in [0.05, 0.1) is 6.61 Å². The Morgan fingerprint density at radius 3 is 2.88 bits per heavy atom. The molecular weight excluding hydrogens is 320 g/mol. The first-order chi connectivity index (χ1) is 12.1. The number of aliphatic imine (C=N–C) groups is 1. The molecule has 2 aliphatic heterocycles. The molecule has 0 unspecified atom stereocenters. The quantitative estimate of drug-likeness (QED) is 0.479. The van der Waals surface area contributed by atoms with E-state index in [1.807, 2.05) is 6.92 Å². The summed E-state index contributed by atoms with van der Waals surface area (Å²) in [6, 6.07) is 5.21. The predicted octanol–water partition coefficient (Wildman–Crippen LogP) is 3.17. The van der Waals surface area contributed by atoms with E-state index in [0.29, 0.717) is 23.8 Å². The molecule has 6 nitrogen and oxygen atoms in total. The van der Waals surface area contributed by atoms with Crippen LogP contribution in [-0.2, 0) is 9.59 Å². The highest BCUT2D eigenvalue weighted by Gasteiger charge is 2.30. The number of rotatable bonds is 4. The standard InChI is InChI=1S/C19H22N2O4/c1-3-24-17-12-14(8-9-16(17)25-13(2)22)11-15-19(23)21-10-6-4-5-7-18(21)20-15/h8-9,11-12H,3-7,10H2,1-2H3/b15-11-. The summed E-state index contributed by atoms with van der Waals surface area (Å²) >= 11 is 0. The van der Waals surface area contributed by atoms with Crippen molar-refractivity contribution in [1.82, 2.24) is 4.90 Å². The number of carbonyl (C=O) groups excluding carboxylic acids is 2. The Bertz CT molecular complexity index is 752. The van der Waals surface area contributed by atoms with Gasteiger partial charge in [0.25, 0.3) is 5.91 Å². The van der Waals surface area contributed by atoms with E-state index in [1.54, 1.807) is 29.2 Å². The van der Waals surface area contributed by atoms with Crippen molar-refractivity contribution >= 4 is 23.8 Å². The van der Waals surface area contributed by atoms with Crippen molar-refractivity contribution in [1.29, 1.82) is 0 Å². The van der Waals surface area contributed by atoms with Crippen LogP contribution in [0.2, 0.25) is 0 Å². The second kappa shape index (κ2) is 7.51. The van der Waals surface area contributed by atoms with Gasteiger partial charge in [-0.1, -0.05) is 12.5 Å². The molecule has 0 N–H and O–H groups in total. The first-order valence-corrected chi connectivity index (χ1v) is 8.65. The van der Waals surface area contributed by atoms with E-state index in [9.17, 15) is 9.59 Å². The number of esters is 1. The normalized spacial score (nSPS) is 18.6. The van der Waals surface area contributed by atoms with Crippen LogP contribution in [0.15, 0.2) is 28.9 Å². The highest BCUT2D eigenvalue weighted by atomic mass is 16.6. The van der Waals surface area contributed by atoms with Crippen molar-refractivity contribution in [2.45, 2.75) is 39.5 Å². The lowest BCUT2D eigenvalue weighted by atomic mass is 10.1. The highest BCUT2D eigenvalue weighted by molar-refractivity contribution is 6.14. The van der Waals surface area contributed by atoms with E-state index in [-0.39, 0.29) is 5.91 Å². The molecule has 1 aromatic carbocycles. The van der Waals surface area contributed by atoms with Gasteiger partial charge in [-0.05, 0) is 43.5 Å². The van der Waals surface area contributed by atoms with Gasteiger partial charge in [-0.2, -0.15) is 0 Å². The van der Waals surface area contributed by atoms with Crippen LogP contribution in [-0.4, -0.2) is 35.8 Å². The summed E-state index contributed by atoms with van der Waals surface area (Å²) in [6.07, 6.45) is 5.82. The zero-order valence-corrected chi connectivity index (χ0v) is 14.6. The van der Waals surface area contributed by atoms with Crippen LogP contribution in [0.3, 0.4) is 0 Å². The second-order valence-corrected chi connectivity index (χ2v) is 6.06. The number of amides is 1. The van der Waals surface area contributed by atoms with Crippen molar-refractivity contribution in [3.8, 4) is 11.5 Å². The average molecular weight is 342 g/mol. The van der Waals surface area contributed by atoms with Crippen molar-refractivity contribution in [2.75, 3.05) is 13.2 Å². The minimum Gasteiger partial charge on any atom is -0.490 e. The van der Waals surface area contributed by atoms with Gasteiger partial charge in [-0.3, -0.25) is 14.5 Å². The molecule has 0 radical (unpaired) electrons. The van der Waals surface area contributed by atoms with E-state index in [0.717, 1.165) is 43.6 Å². The van der Waals surface area contributed by atoms with Crippen LogP contribution < -0.4 is 9.47 Å². The fraction of sp³-hybridized carbons (Fsp3) is 0.421. The van der Waals surface area contributed by atoms with Gasteiger partial charge >= 0.3 is 5.97 Å². The zero-order valence-electron chi connectivity index (χ0n) is 14.6. The lowest BCUT2D eigenvalue weighted by molar-refractivity contribution is -0.132. The number of fused-ring (bicyclic) bond motifs is 1. The van der Waals surface area contributed by atoms with Gasteiger partial charge in [0.15, 0.2) is 11.5 Å². The van der Waals surface area contributed by atoms with Crippen LogP contribution in [0, 0.1) is 0 Å².